The molecule has 1 saturated carbocycles. The summed E-state index contributed by atoms with van der Waals surface area (Å²) in [6.45, 7) is 2.60. The summed E-state index contributed by atoms with van der Waals surface area (Å²) in [7, 11) is 0.114. The van der Waals surface area contributed by atoms with Crippen LogP contribution in [-0.4, -0.2) is 50.8 Å². The molecule has 1 aliphatic carbocycles. The Balaban J connectivity index is 1.65. The molecule has 0 aromatic carbocycles. The van der Waals surface area contributed by atoms with Crippen LogP contribution in [0.5, 0.6) is 0 Å². The lowest BCUT2D eigenvalue weighted by Gasteiger charge is -2.35. The molecular weight excluding hydrogens is 322 g/mol. The van der Waals surface area contributed by atoms with E-state index in [0.29, 0.717) is 18.5 Å². The zero-order valence-electron chi connectivity index (χ0n) is 14.7. The van der Waals surface area contributed by atoms with Crippen LogP contribution in [0.2, 0.25) is 0 Å². The van der Waals surface area contributed by atoms with Crippen LogP contribution in [0.25, 0.3) is 11.0 Å². The van der Waals surface area contributed by atoms with Gasteiger partial charge in [-0.15, -0.1) is 0 Å². The number of nitrogens with zero attached hydrogens (tertiary/aromatic N) is 4. The predicted molar refractivity (Wildman–Crippen MR) is 99.9 cm³/mol. The second-order valence-corrected chi connectivity index (χ2v) is 9.30. The minimum atomic E-state index is -2.01. The van der Waals surface area contributed by atoms with Gasteiger partial charge in [-0.3, -0.25) is 4.21 Å². The maximum atomic E-state index is 12.4. The van der Waals surface area contributed by atoms with Crippen LogP contribution in [0.15, 0.2) is 23.0 Å². The third-order valence-electron chi connectivity index (χ3n) is 4.98. The molecule has 0 amide bonds. The molecule has 7 heteroatoms. The van der Waals surface area contributed by atoms with Gasteiger partial charge in [0.25, 0.3) is 0 Å². The Morgan fingerprint density at radius 3 is 2.79 bits per heavy atom. The van der Waals surface area contributed by atoms with Crippen molar-refractivity contribution in [1.82, 2.24) is 15.0 Å². The predicted octanol–water partition coefficient (Wildman–Crippen LogP) is 3.07. The highest BCUT2D eigenvalue weighted by Crippen LogP contribution is 2.32. The lowest BCUT2D eigenvalue weighted by atomic mass is 9.86. The summed E-state index contributed by atoms with van der Waals surface area (Å²) in [6.07, 6.45) is 9.77. The van der Waals surface area contributed by atoms with Crippen LogP contribution in [0.3, 0.4) is 0 Å². The topological polar surface area (TPSA) is 74.2 Å². The first-order valence-electron chi connectivity index (χ1n) is 8.66. The second-order valence-electron chi connectivity index (χ2n) is 6.79. The molecule has 2 aromatic rings. The third kappa shape index (κ3) is 3.71. The molecule has 6 nitrogen and oxygen atoms in total. The number of nitrogens with one attached hydrogen (secondary N) is 1. The second kappa shape index (κ2) is 7.09. The molecule has 0 spiro atoms. The molecule has 1 aliphatic rings. The summed E-state index contributed by atoms with van der Waals surface area (Å²) < 4.78 is 16.7. The molecule has 1 atom stereocenters. The van der Waals surface area contributed by atoms with Gasteiger partial charge in [-0.2, -0.15) is 0 Å². The molecule has 0 saturated heterocycles. The van der Waals surface area contributed by atoms with E-state index in [0.717, 1.165) is 48.3 Å². The van der Waals surface area contributed by atoms with Crippen molar-refractivity contribution in [1.29, 1.82) is 0 Å². The van der Waals surface area contributed by atoms with Gasteiger partial charge < -0.3 is 9.88 Å². The highest BCUT2D eigenvalue weighted by atomic mass is 32.2. The lowest BCUT2D eigenvalue weighted by molar-refractivity contribution is 0.342. The Kier molecular flexibility index (Phi) is 5.08. The van der Waals surface area contributed by atoms with Crippen molar-refractivity contribution in [3.05, 3.63) is 18.6 Å². The molecule has 1 fully saturated rings. The number of fused-ring (bicyclic) bond motifs is 1. The highest BCUT2D eigenvalue weighted by Gasteiger charge is 2.27. The fourth-order valence-electron chi connectivity index (χ4n) is 3.77. The van der Waals surface area contributed by atoms with Gasteiger partial charge in [0, 0.05) is 47.6 Å². The number of aromatic nitrogens is 3. The van der Waals surface area contributed by atoms with Crippen molar-refractivity contribution in [2.24, 2.45) is 10.3 Å². The van der Waals surface area contributed by atoms with E-state index in [1.807, 2.05) is 19.2 Å². The van der Waals surface area contributed by atoms with Crippen LogP contribution in [-0.2, 0) is 9.73 Å². The number of rotatable bonds is 5. The van der Waals surface area contributed by atoms with Crippen molar-refractivity contribution in [3.8, 4) is 0 Å². The highest BCUT2D eigenvalue weighted by molar-refractivity contribution is 7.92. The summed E-state index contributed by atoms with van der Waals surface area (Å²) >= 11 is 0. The summed E-state index contributed by atoms with van der Waals surface area (Å²) in [4.78, 5) is 14.2. The summed E-state index contributed by atoms with van der Waals surface area (Å²) in [5.74, 6) is 2.26. The van der Waals surface area contributed by atoms with Gasteiger partial charge in [0.1, 0.15) is 17.8 Å². The number of H-pyrrole nitrogens is 1. The normalized spacial score (nSPS) is 23.8. The van der Waals surface area contributed by atoms with E-state index in [4.69, 9.17) is 0 Å². The van der Waals surface area contributed by atoms with Crippen molar-refractivity contribution in [2.75, 3.05) is 30.5 Å². The average molecular weight is 350 g/mol. The monoisotopic (exact) mass is 349 g/mol. The molecule has 1 unspecified atom stereocenters. The van der Waals surface area contributed by atoms with Crippen molar-refractivity contribution >= 4 is 26.6 Å². The van der Waals surface area contributed by atoms with Gasteiger partial charge in [-0.05, 0) is 44.6 Å². The number of anilines is 1. The van der Waals surface area contributed by atoms with Crippen LogP contribution >= 0.6 is 0 Å². The zero-order chi connectivity index (χ0) is 17.2. The van der Waals surface area contributed by atoms with Crippen molar-refractivity contribution in [2.45, 2.75) is 38.6 Å². The maximum Gasteiger partial charge on any atom is 0.142 e. The Hall–Kier alpha value is -1.63. The standard InChI is InChI=1S/C17H27N5OS/c1-4-21-24(3,23)11-13-5-7-14(8-6-13)22(2)17-15-9-10-18-16(15)19-12-20-17/h9-10,12-14H,4-8,11H2,1-3H3,(H,18,19,20)/t13-,14+,24?. The van der Waals surface area contributed by atoms with Gasteiger partial charge in [0.05, 0.1) is 5.39 Å². The van der Waals surface area contributed by atoms with Crippen molar-refractivity contribution < 1.29 is 4.21 Å². The molecule has 0 radical (unpaired) electrons. The zero-order valence-corrected chi connectivity index (χ0v) is 15.6. The van der Waals surface area contributed by atoms with Gasteiger partial charge in [0.2, 0.25) is 0 Å². The molecule has 3 rings (SSSR count). The van der Waals surface area contributed by atoms with Gasteiger partial charge >= 0.3 is 0 Å². The lowest BCUT2D eigenvalue weighted by Crippen LogP contribution is -2.36. The minimum absolute atomic E-state index is 0.477. The van der Waals surface area contributed by atoms with Gasteiger partial charge in [-0.1, -0.05) is 0 Å². The first-order chi connectivity index (χ1) is 11.5. The molecule has 1 N–H and O–H groups in total. The third-order valence-corrected chi connectivity index (χ3v) is 6.87. The molecule has 2 aromatic heterocycles. The molecule has 24 heavy (non-hydrogen) atoms. The van der Waals surface area contributed by atoms with E-state index < -0.39 is 9.73 Å². The number of hydrogen-bond acceptors (Lipinski definition) is 5. The van der Waals surface area contributed by atoms with Crippen LogP contribution in [0.4, 0.5) is 5.82 Å². The van der Waals surface area contributed by atoms with Crippen LogP contribution in [0, 0.1) is 5.92 Å². The Labute approximate surface area is 144 Å². The summed E-state index contributed by atoms with van der Waals surface area (Å²) in [5, 5.41) is 1.07. The molecule has 2 heterocycles. The number of hydrogen-bond donors (Lipinski definition) is 1. The van der Waals surface area contributed by atoms with E-state index in [1.54, 1.807) is 12.6 Å². The minimum Gasteiger partial charge on any atom is -0.356 e. The largest absolute Gasteiger partial charge is 0.356 e. The SMILES string of the molecule is CCN=S(C)(=O)C[C@H]1CC[C@@H](N(C)c2ncnc3[nH]ccc23)CC1. The van der Waals surface area contributed by atoms with Crippen LogP contribution in [0.1, 0.15) is 32.6 Å². The Morgan fingerprint density at radius 1 is 1.33 bits per heavy atom. The Bertz CT molecular complexity index is 800. The fraction of sp³-hybridized carbons (Fsp3) is 0.647. The first kappa shape index (κ1) is 17.2. The molecular formula is C17H27N5OS. The van der Waals surface area contributed by atoms with Crippen molar-refractivity contribution in [3.63, 3.8) is 0 Å². The van der Waals surface area contributed by atoms with Gasteiger partial charge in [0.15, 0.2) is 0 Å². The molecule has 0 bridgehead atoms. The van der Waals surface area contributed by atoms with E-state index in [-0.39, 0.29) is 0 Å². The van der Waals surface area contributed by atoms with E-state index in [2.05, 4.69) is 31.3 Å². The van der Waals surface area contributed by atoms with Gasteiger partial charge in [-0.25, -0.2) is 14.3 Å². The maximum absolute atomic E-state index is 12.4. The number of aromatic amines is 1. The smallest absolute Gasteiger partial charge is 0.142 e. The van der Waals surface area contributed by atoms with Crippen LogP contribution < -0.4 is 4.90 Å². The quantitative estimate of drug-likeness (QED) is 0.900. The van der Waals surface area contributed by atoms with E-state index in [9.17, 15) is 4.21 Å². The fourth-order valence-corrected chi connectivity index (χ4v) is 5.63. The Morgan fingerprint density at radius 2 is 2.08 bits per heavy atom. The average Bonchev–Trinajstić information content (AvgIpc) is 3.03. The first-order valence-corrected chi connectivity index (χ1v) is 10.8. The summed E-state index contributed by atoms with van der Waals surface area (Å²) in [6, 6.07) is 2.51. The van der Waals surface area contributed by atoms with E-state index in [1.165, 1.54) is 0 Å². The molecule has 0 aliphatic heterocycles. The summed E-state index contributed by atoms with van der Waals surface area (Å²) in [5.41, 5.74) is 0.882. The molecule has 132 valence electrons. The van der Waals surface area contributed by atoms with E-state index >= 15 is 0 Å².